The first-order chi connectivity index (χ1) is 13.0. The van der Waals surface area contributed by atoms with Crippen LogP contribution in [0.4, 0.5) is 0 Å². The molecule has 0 atom stereocenters. The van der Waals surface area contributed by atoms with Crippen LogP contribution in [0.1, 0.15) is 5.56 Å². The van der Waals surface area contributed by atoms with Gasteiger partial charge in [0.25, 0.3) is 5.91 Å². The number of rotatable bonds is 6. The molecule has 2 aliphatic heterocycles. The largest absolute Gasteiger partial charge is 0.480 e. The van der Waals surface area contributed by atoms with Crippen molar-refractivity contribution in [3.05, 3.63) is 35.5 Å². The molecule has 1 fully saturated rings. The number of nitrogens with one attached hydrogen (secondary N) is 1. The van der Waals surface area contributed by atoms with Crippen molar-refractivity contribution in [2.45, 2.75) is 6.54 Å². The van der Waals surface area contributed by atoms with Crippen LogP contribution in [0.2, 0.25) is 0 Å². The third-order valence-electron chi connectivity index (χ3n) is 4.33. The number of carboxylic acid groups (broad SMARTS) is 1. The van der Waals surface area contributed by atoms with Gasteiger partial charge in [0.2, 0.25) is 6.79 Å². The zero-order chi connectivity index (χ0) is 19.2. The Morgan fingerprint density at radius 1 is 1.22 bits per heavy atom. The summed E-state index contributed by atoms with van der Waals surface area (Å²) < 4.78 is 10.7. The van der Waals surface area contributed by atoms with Crippen molar-refractivity contribution < 1.29 is 24.2 Å². The van der Waals surface area contributed by atoms with Crippen molar-refractivity contribution in [3.8, 4) is 17.6 Å². The summed E-state index contributed by atoms with van der Waals surface area (Å²) in [5.74, 6) is -0.306. The zero-order valence-corrected chi connectivity index (χ0v) is 14.7. The Morgan fingerprint density at radius 3 is 2.67 bits per heavy atom. The van der Waals surface area contributed by atoms with E-state index >= 15 is 0 Å². The number of benzene rings is 1. The van der Waals surface area contributed by atoms with Gasteiger partial charge in [-0.25, -0.2) is 0 Å². The average Bonchev–Trinajstić information content (AvgIpc) is 3.13. The van der Waals surface area contributed by atoms with Gasteiger partial charge in [-0.2, -0.15) is 5.26 Å². The van der Waals surface area contributed by atoms with E-state index in [1.165, 1.54) is 6.20 Å². The van der Waals surface area contributed by atoms with Gasteiger partial charge in [-0.15, -0.1) is 0 Å². The zero-order valence-electron chi connectivity index (χ0n) is 14.7. The lowest BCUT2D eigenvalue weighted by molar-refractivity contribution is -0.137. The SMILES string of the molecule is N#C/C(=C/N1CCN(Cc2ccc3c(c2)OCO3)CC1)C(=O)NCC(=O)O. The molecule has 2 heterocycles. The van der Waals surface area contributed by atoms with Crippen LogP contribution in [-0.2, 0) is 16.1 Å². The maximum absolute atomic E-state index is 11.8. The van der Waals surface area contributed by atoms with Gasteiger partial charge in [-0.1, -0.05) is 6.07 Å². The third kappa shape index (κ3) is 4.89. The predicted molar refractivity (Wildman–Crippen MR) is 93.8 cm³/mol. The fourth-order valence-corrected chi connectivity index (χ4v) is 2.92. The minimum atomic E-state index is -1.15. The van der Waals surface area contributed by atoms with E-state index in [1.54, 1.807) is 0 Å². The van der Waals surface area contributed by atoms with Crippen LogP contribution in [0.15, 0.2) is 30.0 Å². The Kier molecular flexibility index (Phi) is 5.78. The normalized spacial score (nSPS) is 16.7. The molecule has 1 amide bonds. The van der Waals surface area contributed by atoms with Crippen LogP contribution >= 0.6 is 0 Å². The van der Waals surface area contributed by atoms with Crippen LogP contribution in [0.5, 0.6) is 11.5 Å². The molecule has 27 heavy (non-hydrogen) atoms. The number of carboxylic acids is 1. The molecule has 0 unspecified atom stereocenters. The van der Waals surface area contributed by atoms with Gasteiger partial charge < -0.3 is 24.8 Å². The standard InChI is InChI=1S/C18H20N4O5/c19-8-14(18(25)20-9-17(23)24)11-22-5-3-21(4-6-22)10-13-1-2-15-16(7-13)27-12-26-15/h1-2,7,11H,3-6,9-10,12H2,(H,20,25)(H,23,24)/b14-11-. The highest BCUT2D eigenvalue weighted by Gasteiger charge is 2.19. The number of hydrogen-bond acceptors (Lipinski definition) is 7. The lowest BCUT2D eigenvalue weighted by Gasteiger charge is -2.34. The summed E-state index contributed by atoms with van der Waals surface area (Å²) in [5, 5.41) is 19.9. The molecule has 9 nitrogen and oxygen atoms in total. The number of piperazine rings is 1. The molecule has 1 saturated heterocycles. The smallest absolute Gasteiger partial charge is 0.322 e. The molecule has 0 spiro atoms. The Labute approximate surface area is 156 Å². The predicted octanol–water partition coefficient (Wildman–Crippen LogP) is 0.141. The fourth-order valence-electron chi connectivity index (χ4n) is 2.92. The molecule has 3 rings (SSSR count). The van der Waals surface area contributed by atoms with Crippen molar-refractivity contribution in [1.29, 1.82) is 5.26 Å². The minimum Gasteiger partial charge on any atom is -0.480 e. The number of hydrogen-bond donors (Lipinski definition) is 2. The number of fused-ring (bicyclic) bond motifs is 1. The lowest BCUT2D eigenvalue weighted by Crippen LogP contribution is -2.44. The summed E-state index contributed by atoms with van der Waals surface area (Å²) >= 11 is 0. The highest BCUT2D eigenvalue weighted by atomic mass is 16.7. The molecule has 9 heteroatoms. The van der Waals surface area contributed by atoms with Crippen LogP contribution in [-0.4, -0.2) is 66.3 Å². The highest BCUT2D eigenvalue weighted by molar-refractivity contribution is 5.98. The summed E-state index contributed by atoms with van der Waals surface area (Å²) in [6.45, 7) is 3.41. The summed E-state index contributed by atoms with van der Waals surface area (Å²) in [6, 6.07) is 7.73. The van der Waals surface area contributed by atoms with Gasteiger partial charge in [-0.05, 0) is 17.7 Å². The monoisotopic (exact) mass is 372 g/mol. The van der Waals surface area contributed by atoms with E-state index in [-0.39, 0.29) is 12.4 Å². The first kappa shape index (κ1) is 18.5. The van der Waals surface area contributed by atoms with Crippen molar-refractivity contribution in [3.63, 3.8) is 0 Å². The van der Waals surface area contributed by atoms with Crippen molar-refractivity contribution >= 4 is 11.9 Å². The van der Waals surface area contributed by atoms with E-state index in [9.17, 15) is 9.59 Å². The van der Waals surface area contributed by atoms with Crippen molar-refractivity contribution in [1.82, 2.24) is 15.1 Å². The molecule has 0 aromatic heterocycles. The summed E-state index contributed by atoms with van der Waals surface area (Å²) in [7, 11) is 0. The van der Waals surface area contributed by atoms with Gasteiger partial charge in [0.05, 0.1) is 0 Å². The third-order valence-corrected chi connectivity index (χ3v) is 4.33. The molecule has 2 N–H and O–H groups in total. The van der Waals surface area contributed by atoms with E-state index in [1.807, 2.05) is 29.2 Å². The molecule has 0 radical (unpaired) electrons. The Bertz CT molecular complexity index is 793. The van der Waals surface area contributed by atoms with Gasteiger partial charge in [0, 0.05) is 38.9 Å². The Balaban J connectivity index is 1.51. The quantitative estimate of drug-likeness (QED) is 0.535. The maximum Gasteiger partial charge on any atom is 0.322 e. The van der Waals surface area contributed by atoms with Crippen molar-refractivity contribution in [2.75, 3.05) is 39.5 Å². The van der Waals surface area contributed by atoms with Gasteiger partial charge >= 0.3 is 5.97 Å². The number of nitrogens with zero attached hydrogens (tertiary/aromatic N) is 3. The Morgan fingerprint density at radius 2 is 1.96 bits per heavy atom. The number of aliphatic carboxylic acids is 1. The second-order valence-corrected chi connectivity index (χ2v) is 6.23. The second-order valence-electron chi connectivity index (χ2n) is 6.23. The summed E-state index contributed by atoms with van der Waals surface area (Å²) in [4.78, 5) is 26.5. The molecular formula is C18H20N4O5. The number of nitriles is 1. The Hall–Kier alpha value is -3.25. The minimum absolute atomic E-state index is 0.0968. The first-order valence-electron chi connectivity index (χ1n) is 8.52. The second kappa shape index (κ2) is 8.42. The first-order valence-corrected chi connectivity index (χ1v) is 8.52. The summed E-state index contributed by atoms with van der Waals surface area (Å²) in [6.07, 6.45) is 1.50. The van der Waals surface area contributed by atoms with Crippen LogP contribution in [0.3, 0.4) is 0 Å². The van der Waals surface area contributed by atoms with Crippen LogP contribution < -0.4 is 14.8 Å². The van der Waals surface area contributed by atoms with Crippen molar-refractivity contribution in [2.24, 2.45) is 0 Å². The number of carbonyl (C=O) groups excluding carboxylic acids is 1. The van der Waals surface area contributed by atoms with Gasteiger partial charge in [0.1, 0.15) is 18.2 Å². The van der Waals surface area contributed by atoms with Crippen LogP contribution in [0, 0.1) is 11.3 Å². The molecule has 1 aromatic rings. The average molecular weight is 372 g/mol. The summed E-state index contributed by atoms with van der Waals surface area (Å²) in [5.41, 5.74) is 1.04. The molecule has 142 valence electrons. The molecular weight excluding hydrogens is 352 g/mol. The molecule has 2 aliphatic rings. The van der Waals surface area contributed by atoms with E-state index in [2.05, 4.69) is 10.2 Å². The van der Waals surface area contributed by atoms with E-state index in [4.69, 9.17) is 19.8 Å². The number of ether oxygens (including phenoxy) is 2. The molecule has 1 aromatic carbocycles. The fraction of sp³-hybridized carbons (Fsp3) is 0.389. The topological polar surface area (TPSA) is 115 Å². The van der Waals surface area contributed by atoms with Gasteiger partial charge in [-0.3, -0.25) is 14.5 Å². The van der Waals surface area contributed by atoms with E-state index in [0.29, 0.717) is 13.1 Å². The highest BCUT2D eigenvalue weighted by Crippen LogP contribution is 2.32. The maximum atomic E-state index is 11.8. The molecule has 0 saturated carbocycles. The molecule has 0 bridgehead atoms. The lowest BCUT2D eigenvalue weighted by atomic mass is 10.1. The van der Waals surface area contributed by atoms with E-state index < -0.39 is 18.4 Å². The number of amides is 1. The van der Waals surface area contributed by atoms with Crippen LogP contribution in [0.25, 0.3) is 0 Å². The number of carbonyl (C=O) groups is 2. The van der Waals surface area contributed by atoms with E-state index in [0.717, 1.165) is 36.7 Å². The molecule has 0 aliphatic carbocycles. The van der Waals surface area contributed by atoms with Gasteiger partial charge in [0.15, 0.2) is 11.5 Å².